The molecule has 166 valence electrons. The van der Waals surface area contributed by atoms with Gasteiger partial charge in [-0.2, -0.15) is 18.2 Å². The van der Waals surface area contributed by atoms with Crippen molar-refractivity contribution in [3.63, 3.8) is 0 Å². The number of rotatable bonds is 3. The summed E-state index contributed by atoms with van der Waals surface area (Å²) in [6.07, 6.45) is -2.92. The van der Waals surface area contributed by atoms with E-state index in [0.29, 0.717) is 25.6 Å². The first-order valence-electron chi connectivity index (χ1n) is 10.5. The molecule has 0 spiro atoms. The lowest BCUT2D eigenvalue weighted by Crippen LogP contribution is -2.55. The van der Waals surface area contributed by atoms with Gasteiger partial charge in [0.25, 0.3) is 5.89 Å². The lowest BCUT2D eigenvalue weighted by Gasteiger charge is -2.46. The standard InChI is InChI=1S/C21H23F3N4O3/c22-21(23,24)15-3-1-2-14(10-15)18-25-19(31-26-18)17-12-28(8-9-30-17)20(29)16-11-27-6-4-13(16)5-7-27/h1-3,10,13,16-17H,4-9,11-12H2. The molecule has 10 heteroatoms. The van der Waals surface area contributed by atoms with Crippen LogP contribution < -0.4 is 0 Å². The molecular weight excluding hydrogens is 413 g/mol. The number of aromatic nitrogens is 2. The van der Waals surface area contributed by atoms with E-state index in [9.17, 15) is 18.0 Å². The normalized spacial score (nSPS) is 28.7. The first-order chi connectivity index (χ1) is 14.9. The smallest absolute Gasteiger partial charge is 0.365 e. The van der Waals surface area contributed by atoms with Gasteiger partial charge in [-0.15, -0.1) is 0 Å². The van der Waals surface area contributed by atoms with Crippen molar-refractivity contribution >= 4 is 5.91 Å². The van der Waals surface area contributed by atoms with Crippen LogP contribution in [0.4, 0.5) is 13.2 Å². The Bertz CT molecular complexity index is 955. The van der Waals surface area contributed by atoms with Crippen LogP contribution in [0.2, 0.25) is 0 Å². The van der Waals surface area contributed by atoms with Crippen molar-refractivity contribution in [2.45, 2.75) is 25.1 Å². The predicted molar refractivity (Wildman–Crippen MR) is 103 cm³/mol. The zero-order valence-corrected chi connectivity index (χ0v) is 16.8. The molecule has 5 heterocycles. The second-order valence-corrected chi connectivity index (χ2v) is 8.42. The van der Waals surface area contributed by atoms with Crippen LogP contribution in [-0.4, -0.2) is 65.2 Å². The number of alkyl halides is 3. The Kier molecular flexibility index (Phi) is 5.21. The zero-order valence-electron chi connectivity index (χ0n) is 16.8. The number of benzene rings is 1. The monoisotopic (exact) mass is 436 g/mol. The maximum Gasteiger partial charge on any atom is 0.416 e. The number of carbonyl (C=O) groups excluding carboxylic acids is 1. The molecule has 0 saturated carbocycles. The average molecular weight is 436 g/mol. The van der Waals surface area contributed by atoms with Gasteiger partial charge in [0, 0.05) is 18.7 Å². The number of fused-ring (bicyclic) bond motifs is 3. The lowest BCUT2D eigenvalue weighted by atomic mass is 9.78. The van der Waals surface area contributed by atoms with Crippen molar-refractivity contribution in [3.05, 3.63) is 35.7 Å². The molecule has 0 radical (unpaired) electrons. The molecular formula is C21H23F3N4O3. The zero-order chi connectivity index (χ0) is 21.6. The van der Waals surface area contributed by atoms with Crippen LogP contribution in [0.3, 0.4) is 0 Å². The summed E-state index contributed by atoms with van der Waals surface area (Å²) < 4.78 is 50.0. The number of ether oxygens (including phenoxy) is 1. The topological polar surface area (TPSA) is 71.7 Å². The highest BCUT2D eigenvalue weighted by atomic mass is 19.4. The van der Waals surface area contributed by atoms with Gasteiger partial charge in [-0.25, -0.2) is 0 Å². The molecule has 2 atom stereocenters. The van der Waals surface area contributed by atoms with Crippen LogP contribution in [0.1, 0.15) is 30.4 Å². The number of hydrogen-bond donors (Lipinski definition) is 0. The summed E-state index contributed by atoms with van der Waals surface area (Å²) >= 11 is 0. The molecule has 0 aliphatic carbocycles. The molecule has 1 amide bonds. The number of halogens is 3. The maximum absolute atomic E-state index is 13.1. The van der Waals surface area contributed by atoms with Gasteiger partial charge in [0.2, 0.25) is 11.7 Å². The van der Waals surface area contributed by atoms with Gasteiger partial charge in [0.1, 0.15) is 0 Å². The molecule has 4 saturated heterocycles. The average Bonchev–Trinajstić information content (AvgIpc) is 3.29. The fourth-order valence-electron chi connectivity index (χ4n) is 4.80. The van der Waals surface area contributed by atoms with E-state index < -0.39 is 17.8 Å². The summed E-state index contributed by atoms with van der Waals surface area (Å²) in [6, 6.07) is 4.78. The van der Waals surface area contributed by atoms with Gasteiger partial charge in [0.05, 0.1) is 24.6 Å². The Balaban J connectivity index is 1.29. The quantitative estimate of drug-likeness (QED) is 0.737. The molecule has 0 N–H and O–H groups in total. The van der Waals surface area contributed by atoms with E-state index >= 15 is 0 Å². The molecule has 2 unspecified atom stereocenters. The highest BCUT2D eigenvalue weighted by molar-refractivity contribution is 5.80. The van der Waals surface area contributed by atoms with Gasteiger partial charge in [-0.05, 0) is 44.0 Å². The highest BCUT2D eigenvalue weighted by Gasteiger charge is 2.41. The van der Waals surface area contributed by atoms with E-state index in [-0.39, 0.29) is 29.1 Å². The number of amides is 1. The van der Waals surface area contributed by atoms with Crippen LogP contribution in [0.25, 0.3) is 11.4 Å². The van der Waals surface area contributed by atoms with Gasteiger partial charge in [-0.1, -0.05) is 17.3 Å². The molecule has 6 rings (SSSR count). The van der Waals surface area contributed by atoms with Crippen molar-refractivity contribution in [2.24, 2.45) is 11.8 Å². The molecule has 7 nitrogen and oxygen atoms in total. The van der Waals surface area contributed by atoms with Gasteiger partial charge >= 0.3 is 6.18 Å². The predicted octanol–water partition coefficient (Wildman–Crippen LogP) is 3.00. The van der Waals surface area contributed by atoms with Gasteiger partial charge < -0.3 is 19.1 Å². The third-order valence-electron chi connectivity index (χ3n) is 6.52. The summed E-state index contributed by atoms with van der Waals surface area (Å²) in [5.41, 5.74) is -0.569. The Hall–Kier alpha value is -2.46. The Morgan fingerprint density at radius 1 is 1.13 bits per heavy atom. The van der Waals surface area contributed by atoms with Gasteiger partial charge in [0.15, 0.2) is 6.10 Å². The Morgan fingerprint density at radius 2 is 1.94 bits per heavy atom. The number of morpholine rings is 1. The maximum atomic E-state index is 13.1. The van der Waals surface area contributed by atoms with Crippen LogP contribution >= 0.6 is 0 Å². The lowest BCUT2D eigenvalue weighted by molar-refractivity contribution is -0.150. The van der Waals surface area contributed by atoms with E-state index in [4.69, 9.17) is 9.26 Å². The van der Waals surface area contributed by atoms with Crippen molar-refractivity contribution < 1.29 is 27.2 Å². The highest BCUT2D eigenvalue weighted by Crippen LogP contribution is 2.35. The van der Waals surface area contributed by atoms with E-state index in [2.05, 4.69) is 15.0 Å². The number of nitrogens with zero attached hydrogens (tertiary/aromatic N) is 4. The Labute approximate surface area is 177 Å². The summed E-state index contributed by atoms with van der Waals surface area (Å²) in [6.45, 7) is 4.10. The molecule has 1 aromatic heterocycles. The number of hydrogen-bond acceptors (Lipinski definition) is 6. The molecule has 2 bridgehead atoms. The fourth-order valence-corrected chi connectivity index (χ4v) is 4.80. The minimum absolute atomic E-state index is 0.0182. The number of carbonyl (C=O) groups is 1. The number of piperidine rings is 3. The molecule has 31 heavy (non-hydrogen) atoms. The molecule has 4 aliphatic heterocycles. The van der Waals surface area contributed by atoms with Gasteiger partial charge in [-0.3, -0.25) is 4.79 Å². The van der Waals surface area contributed by atoms with Crippen LogP contribution in [0.15, 0.2) is 28.8 Å². The minimum atomic E-state index is -4.45. The summed E-state index contributed by atoms with van der Waals surface area (Å²) in [5.74, 6) is 0.823. The van der Waals surface area contributed by atoms with E-state index in [1.807, 2.05) is 0 Å². The van der Waals surface area contributed by atoms with Crippen molar-refractivity contribution in [3.8, 4) is 11.4 Å². The van der Waals surface area contributed by atoms with Crippen LogP contribution in [0.5, 0.6) is 0 Å². The fraction of sp³-hybridized carbons (Fsp3) is 0.571. The molecule has 4 fully saturated rings. The van der Waals surface area contributed by atoms with E-state index in [0.717, 1.165) is 44.6 Å². The third kappa shape index (κ3) is 4.06. The second-order valence-electron chi connectivity index (χ2n) is 8.42. The summed E-state index contributed by atoms with van der Waals surface area (Å²) in [5, 5.41) is 3.83. The first kappa shape index (κ1) is 20.4. The third-order valence-corrected chi connectivity index (χ3v) is 6.52. The Morgan fingerprint density at radius 3 is 2.65 bits per heavy atom. The SMILES string of the molecule is O=C(C1CN2CCC1CC2)N1CCOC(c2nc(-c3cccc(C(F)(F)F)c3)no2)C1. The van der Waals surface area contributed by atoms with Crippen molar-refractivity contribution in [1.82, 2.24) is 19.9 Å². The van der Waals surface area contributed by atoms with Crippen molar-refractivity contribution in [1.29, 1.82) is 0 Å². The van der Waals surface area contributed by atoms with E-state index in [1.165, 1.54) is 12.1 Å². The summed E-state index contributed by atoms with van der Waals surface area (Å²) in [4.78, 5) is 21.6. The van der Waals surface area contributed by atoms with Crippen LogP contribution in [-0.2, 0) is 15.7 Å². The van der Waals surface area contributed by atoms with E-state index in [1.54, 1.807) is 4.90 Å². The molecule has 1 aromatic carbocycles. The first-order valence-corrected chi connectivity index (χ1v) is 10.5. The van der Waals surface area contributed by atoms with Crippen LogP contribution in [0, 0.1) is 11.8 Å². The van der Waals surface area contributed by atoms with Crippen molar-refractivity contribution in [2.75, 3.05) is 39.3 Å². The minimum Gasteiger partial charge on any atom is -0.365 e. The second kappa shape index (κ2) is 7.90. The molecule has 2 aromatic rings. The largest absolute Gasteiger partial charge is 0.416 e. The summed E-state index contributed by atoms with van der Waals surface area (Å²) in [7, 11) is 0. The molecule has 4 aliphatic rings.